The van der Waals surface area contributed by atoms with Crippen molar-refractivity contribution in [2.45, 2.75) is 0 Å². The zero-order chi connectivity index (χ0) is 11.9. The van der Waals surface area contributed by atoms with Crippen LogP contribution in [0.15, 0.2) is 24.4 Å². The van der Waals surface area contributed by atoms with Crippen molar-refractivity contribution in [3.8, 4) is 0 Å². The molecule has 1 aromatic heterocycles. The van der Waals surface area contributed by atoms with Crippen LogP contribution in [0.4, 0.5) is 0 Å². The highest BCUT2D eigenvalue weighted by Gasteiger charge is 2.17. The summed E-state index contributed by atoms with van der Waals surface area (Å²) in [4.78, 5) is 21.8. The predicted molar refractivity (Wildman–Crippen MR) is 56.8 cm³/mol. The molecule has 0 saturated carbocycles. The third-order valence-corrected chi connectivity index (χ3v) is 2.49. The molecular formula is C11H9NO4. The maximum Gasteiger partial charge on any atom is 0.336 e. The third kappa shape index (κ3) is 1.42. The van der Waals surface area contributed by atoms with Gasteiger partial charge in [0.15, 0.2) is 0 Å². The number of aromatic nitrogens is 1. The van der Waals surface area contributed by atoms with E-state index in [1.807, 2.05) is 0 Å². The first kappa shape index (κ1) is 10.2. The van der Waals surface area contributed by atoms with E-state index >= 15 is 0 Å². The van der Waals surface area contributed by atoms with Crippen LogP contribution in [-0.2, 0) is 7.05 Å². The number of carbonyl (C=O) groups is 2. The van der Waals surface area contributed by atoms with E-state index in [0.29, 0.717) is 10.9 Å². The van der Waals surface area contributed by atoms with Crippen LogP contribution in [0.5, 0.6) is 0 Å². The van der Waals surface area contributed by atoms with Gasteiger partial charge < -0.3 is 14.8 Å². The summed E-state index contributed by atoms with van der Waals surface area (Å²) in [6, 6.07) is 4.50. The van der Waals surface area contributed by atoms with Crippen molar-refractivity contribution in [2.75, 3.05) is 0 Å². The van der Waals surface area contributed by atoms with Gasteiger partial charge in [0.2, 0.25) is 0 Å². The normalized spacial score (nSPS) is 10.6. The first-order chi connectivity index (χ1) is 7.50. The summed E-state index contributed by atoms with van der Waals surface area (Å²) in [6.45, 7) is 0. The number of aryl methyl sites for hydroxylation is 1. The van der Waals surface area contributed by atoms with Crippen LogP contribution in [0.2, 0.25) is 0 Å². The monoisotopic (exact) mass is 219 g/mol. The minimum atomic E-state index is -1.24. The van der Waals surface area contributed by atoms with E-state index in [1.165, 1.54) is 12.1 Å². The van der Waals surface area contributed by atoms with Crippen LogP contribution in [0.25, 0.3) is 10.9 Å². The zero-order valence-corrected chi connectivity index (χ0v) is 8.47. The molecule has 0 spiro atoms. The van der Waals surface area contributed by atoms with E-state index in [0.717, 1.165) is 0 Å². The molecule has 2 rings (SSSR count). The average molecular weight is 219 g/mol. The summed E-state index contributed by atoms with van der Waals surface area (Å²) in [5.41, 5.74) is 0.315. The molecule has 2 aromatic rings. The molecule has 0 aliphatic rings. The Balaban J connectivity index is 2.83. The number of rotatable bonds is 2. The van der Waals surface area contributed by atoms with Crippen LogP contribution < -0.4 is 0 Å². The molecule has 1 heterocycles. The van der Waals surface area contributed by atoms with Gasteiger partial charge in [-0.3, -0.25) is 0 Å². The Morgan fingerprint density at radius 3 is 2.25 bits per heavy atom. The molecular weight excluding hydrogens is 210 g/mol. The Kier molecular flexibility index (Phi) is 2.16. The van der Waals surface area contributed by atoms with Crippen LogP contribution in [0, 0.1) is 0 Å². The van der Waals surface area contributed by atoms with Crippen molar-refractivity contribution in [3.63, 3.8) is 0 Å². The summed E-state index contributed by atoms with van der Waals surface area (Å²) in [5, 5.41) is 18.6. The van der Waals surface area contributed by atoms with E-state index in [4.69, 9.17) is 10.2 Å². The molecule has 16 heavy (non-hydrogen) atoms. The van der Waals surface area contributed by atoms with Gasteiger partial charge in [-0.05, 0) is 18.2 Å². The second-order valence-corrected chi connectivity index (χ2v) is 3.49. The topological polar surface area (TPSA) is 79.5 Å². The lowest BCUT2D eigenvalue weighted by Crippen LogP contribution is -2.08. The molecule has 5 nitrogen and oxygen atoms in total. The predicted octanol–water partition coefficient (Wildman–Crippen LogP) is 1.57. The molecule has 0 amide bonds. The Labute approximate surface area is 90.5 Å². The molecule has 5 heteroatoms. The van der Waals surface area contributed by atoms with E-state index in [1.54, 1.807) is 23.9 Å². The number of benzene rings is 1. The number of aromatic carboxylic acids is 2. The van der Waals surface area contributed by atoms with Gasteiger partial charge in [-0.15, -0.1) is 0 Å². The highest BCUT2D eigenvalue weighted by molar-refractivity contribution is 6.05. The van der Waals surface area contributed by atoms with Gasteiger partial charge in [-0.25, -0.2) is 9.59 Å². The quantitative estimate of drug-likeness (QED) is 0.803. The Hall–Kier alpha value is -2.30. The fraction of sp³-hybridized carbons (Fsp3) is 0.0909. The Morgan fingerprint density at radius 1 is 1.12 bits per heavy atom. The Morgan fingerprint density at radius 2 is 1.69 bits per heavy atom. The van der Waals surface area contributed by atoms with E-state index < -0.39 is 11.9 Å². The van der Waals surface area contributed by atoms with E-state index in [-0.39, 0.29) is 11.1 Å². The average Bonchev–Trinajstić information content (AvgIpc) is 2.58. The minimum Gasteiger partial charge on any atom is -0.478 e. The second kappa shape index (κ2) is 3.37. The summed E-state index contributed by atoms with van der Waals surface area (Å²) >= 11 is 0. The highest BCUT2D eigenvalue weighted by atomic mass is 16.4. The summed E-state index contributed by atoms with van der Waals surface area (Å²) in [5.74, 6) is -2.47. The number of fused-ring (bicyclic) bond motifs is 1. The second-order valence-electron chi connectivity index (χ2n) is 3.49. The van der Waals surface area contributed by atoms with Crippen molar-refractivity contribution in [1.29, 1.82) is 0 Å². The smallest absolute Gasteiger partial charge is 0.336 e. The summed E-state index contributed by atoms with van der Waals surface area (Å²) in [7, 11) is 1.77. The molecule has 1 aromatic carbocycles. The van der Waals surface area contributed by atoms with Crippen molar-refractivity contribution in [3.05, 3.63) is 35.5 Å². The van der Waals surface area contributed by atoms with Gasteiger partial charge in [0, 0.05) is 24.1 Å². The molecule has 82 valence electrons. The lowest BCUT2D eigenvalue weighted by molar-refractivity contribution is 0.0652. The van der Waals surface area contributed by atoms with Crippen LogP contribution >= 0.6 is 0 Å². The molecule has 2 N–H and O–H groups in total. The van der Waals surface area contributed by atoms with Crippen molar-refractivity contribution >= 4 is 22.8 Å². The standard InChI is InChI=1S/C11H9NO4/c1-12-3-2-6-4-7(10(13)14)8(11(15)16)5-9(6)12/h2-5H,1H3,(H,13,14)(H,15,16). The SMILES string of the molecule is Cn1ccc2cc(C(=O)O)c(C(=O)O)cc21. The lowest BCUT2D eigenvalue weighted by atomic mass is 10.1. The molecule has 0 atom stereocenters. The van der Waals surface area contributed by atoms with Gasteiger partial charge in [-0.1, -0.05) is 0 Å². The largest absolute Gasteiger partial charge is 0.478 e. The zero-order valence-electron chi connectivity index (χ0n) is 8.47. The fourth-order valence-electron chi connectivity index (χ4n) is 1.67. The van der Waals surface area contributed by atoms with Crippen molar-refractivity contribution in [1.82, 2.24) is 4.57 Å². The summed E-state index contributed by atoms with van der Waals surface area (Å²) in [6.07, 6.45) is 1.75. The molecule has 0 saturated heterocycles. The summed E-state index contributed by atoms with van der Waals surface area (Å²) < 4.78 is 1.74. The number of carboxylic acids is 2. The fourth-order valence-corrected chi connectivity index (χ4v) is 1.67. The minimum absolute atomic E-state index is 0.189. The Bertz CT molecular complexity index is 597. The molecule has 0 unspecified atom stereocenters. The lowest BCUT2D eigenvalue weighted by Gasteiger charge is -2.03. The molecule has 0 aliphatic carbocycles. The van der Waals surface area contributed by atoms with Gasteiger partial charge in [0.1, 0.15) is 0 Å². The van der Waals surface area contributed by atoms with Gasteiger partial charge in [0.25, 0.3) is 0 Å². The number of hydrogen-bond acceptors (Lipinski definition) is 2. The van der Waals surface area contributed by atoms with Crippen molar-refractivity contribution in [2.24, 2.45) is 7.05 Å². The van der Waals surface area contributed by atoms with Crippen molar-refractivity contribution < 1.29 is 19.8 Å². The van der Waals surface area contributed by atoms with Gasteiger partial charge in [-0.2, -0.15) is 0 Å². The maximum absolute atomic E-state index is 10.9. The first-order valence-electron chi connectivity index (χ1n) is 4.56. The molecule has 0 aliphatic heterocycles. The number of nitrogens with zero attached hydrogens (tertiary/aromatic N) is 1. The van der Waals surface area contributed by atoms with Crippen LogP contribution in [0.3, 0.4) is 0 Å². The first-order valence-corrected chi connectivity index (χ1v) is 4.56. The van der Waals surface area contributed by atoms with E-state index in [2.05, 4.69) is 0 Å². The number of hydrogen-bond donors (Lipinski definition) is 2. The van der Waals surface area contributed by atoms with Gasteiger partial charge in [0.05, 0.1) is 11.1 Å². The molecule has 0 radical (unpaired) electrons. The maximum atomic E-state index is 10.9. The van der Waals surface area contributed by atoms with E-state index in [9.17, 15) is 9.59 Å². The van der Waals surface area contributed by atoms with Crippen LogP contribution in [-0.4, -0.2) is 26.7 Å². The highest BCUT2D eigenvalue weighted by Crippen LogP contribution is 2.21. The molecule has 0 bridgehead atoms. The van der Waals surface area contributed by atoms with Gasteiger partial charge >= 0.3 is 11.9 Å². The molecule has 0 fully saturated rings. The number of carboxylic acid groups (broad SMARTS) is 2. The third-order valence-electron chi connectivity index (χ3n) is 2.49. The van der Waals surface area contributed by atoms with Crippen LogP contribution in [0.1, 0.15) is 20.7 Å².